The van der Waals surface area contributed by atoms with E-state index < -0.39 is 5.97 Å². The highest BCUT2D eigenvalue weighted by Crippen LogP contribution is 2.17. The molecule has 7 heteroatoms. The minimum absolute atomic E-state index is 0.175. The molecule has 2 heterocycles. The Labute approximate surface area is 147 Å². The van der Waals surface area contributed by atoms with Gasteiger partial charge in [0.2, 0.25) is 0 Å². The summed E-state index contributed by atoms with van der Waals surface area (Å²) >= 11 is 0. The maximum Gasteiger partial charge on any atom is 0.340 e. The van der Waals surface area contributed by atoms with Crippen molar-refractivity contribution in [3.63, 3.8) is 0 Å². The number of esters is 1. The zero-order chi connectivity index (χ0) is 18.6. The lowest BCUT2D eigenvalue weighted by Gasteiger charge is -2.20. The predicted octanol–water partition coefficient (Wildman–Crippen LogP) is 2.59. The van der Waals surface area contributed by atoms with Crippen molar-refractivity contribution in [1.29, 1.82) is 0 Å². The minimum Gasteiger partial charge on any atom is -0.452 e. The van der Waals surface area contributed by atoms with Crippen molar-refractivity contribution in [3.8, 4) is 0 Å². The normalized spacial score (nSPS) is 10.9. The highest BCUT2D eigenvalue weighted by Gasteiger charge is 2.17. The zero-order valence-corrected chi connectivity index (χ0v) is 15.2. The molecule has 134 valence electrons. The van der Waals surface area contributed by atoms with Crippen molar-refractivity contribution in [2.75, 3.05) is 19.7 Å². The highest BCUT2D eigenvalue weighted by atomic mass is 16.5. The van der Waals surface area contributed by atoms with Gasteiger partial charge in [0, 0.05) is 30.7 Å². The monoisotopic (exact) mass is 344 g/mol. The summed E-state index contributed by atoms with van der Waals surface area (Å²) in [6.07, 6.45) is 3.11. The average Bonchev–Trinajstić information content (AvgIpc) is 3.00. The molecule has 0 aromatic carbocycles. The minimum atomic E-state index is -0.577. The van der Waals surface area contributed by atoms with Gasteiger partial charge in [0.05, 0.1) is 11.8 Å². The van der Waals surface area contributed by atoms with Crippen LogP contribution >= 0.6 is 0 Å². The van der Waals surface area contributed by atoms with E-state index in [9.17, 15) is 9.59 Å². The fraction of sp³-hybridized carbons (Fsp3) is 0.444. The predicted molar refractivity (Wildman–Crippen MR) is 95.3 cm³/mol. The van der Waals surface area contributed by atoms with Crippen LogP contribution in [0.4, 0.5) is 0 Å². The molecule has 0 atom stereocenters. The fourth-order valence-electron chi connectivity index (χ4n) is 2.43. The lowest BCUT2D eigenvalue weighted by atomic mass is 10.2. The van der Waals surface area contributed by atoms with Gasteiger partial charge >= 0.3 is 5.97 Å². The number of ether oxygens (including phenoxy) is 1. The average molecular weight is 344 g/mol. The van der Waals surface area contributed by atoms with E-state index in [2.05, 4.69) is 16.7 Å². The molecule has 7 nitrogen and oxygen atoms in total. The topological polar surface area (TPSA) is 77.3 Å². The van der Waals surface area contributed by atoms with E-state index in [4.69, 9.17) is 4.74 Å². The second-order valence-corrected chi connectivity index (χ2v) is 6.26. The summed E-state index contributed by atoms with van der Waals surface area (Å²) in [4.78, 5) is 30.2. The Kier molecular flexibility index (Phi) is 5.90. The summed E-state index contributed by atoms with van der Waals surface area (Å²) in [5, 5.41) is 5.02. The Morgan fingerprint density at radius 2 is 2.08 bits per heavy atom. The number of aromatic nitrogens is 3. The first kappa shape index (κ1) is 18.6. The van der Waals surface area contributed by atoms with Crippen molar-refractivity contribution in [1.82, 2.24) is 19.7 Å². The van der Waals surface area contributed by atoms with Gasteiger partial charge in [-0.05, 0) is 33.8 Å². The van der Waals surface area contributed by atoms with Crippen LogP contribution in [-0.2, 0) is 9.53 Å². The Balaban J connectivity index is 2.04. The first-order valence-corrected chi connectivity index (χ1v) is 8.26. The number of nitrogens with zero attached hydrogens (tertiary/aromatic N) is 4. The number of pyridine rings is 1. The van der Waals surface area contributed by atoms with Crippen LogP contribution in [0.25, 0.3) is 11.0 Å². The van der Waals surface area contributed by atoms with Gasteiger partial charge < -0.3 is 9.64 Å². The first-order chi connectivity index (χ1) is 11.8. The molecule has 2 aromatic rings. The van der Waals surface area contributed by atoms with Crippen LogP contribution in [0.15, 0.2) is 30.6 Å². The molecular weight excluding hydrogens is 320 g/mol. The second kappa shape index (κ2) is 7.92. The number of likely N-dealkylation sites (N-methyl/N-ethyl adjacent to an activating group) is 1. The third-order valence-corrected chi connectivity index (χ3v) is 3.68. The van der Waals surface area contributed by atoms with Gasteiger partial charge in [0.1, 0.15) is 0 Å². The van der Waals surface area contributed by atoms with E-state index in [1.807, 2.05) is 27.7 Å². The van der Waals surface area contributed by atoms with Gasteiger partial charge in [-0.3, -0.25) is 4.79 Å². The van der Waals surface area contributed by atoms with Gasteiger partial charge in [0.25, 0.3) is 5.91 Å². The van der Waals surface area contributed by atoms with Gasteiger partial charge in [-0.2, -0.15) is 5.10 Å². The summed E-state index contributed by atoms with van der Waals surface area (Å²) in [5.74, 6) is -0.827. The lowest BCUT2D eigenvalue weighted by molar-refractivity contribution is -0.133. The number of hydrogen-bond donors (Lipinski definition) is 0. The van der Waals surface area contributed by atoms with Gasteiger partial charge in [-0.15, -0.1) is 0 Å². The van der Waals surface area contributed by atoms with Crippen LogP contribution in [0.5, 0.6) is 0 Å². The van der Waals surface area contributed by atoms with Crippen molar-refractivity contribution in [2.24, 2.45) is 0 Å². The Morgan fingerprint density at radius 3 is 2.68 bits per heavy atom. The molecule has 0 unspecified atom stereocenters. The first-order valence-electron chi connectivity index (χ1n) is 8.26. The summed E-state index contributed by atoms with van der Waals surface area (Å²) in [6.45, 7) is 12.2. The molecule has 2 aromatic heterocycles. The Morgan fingerprint density at radius 1 is 1.36 bits per heavy atom. The molecule has 0 aliphatic heterocycles. The number of amides is 1. The van der Waals surface area contributed by atoms with Crippen molar-refractivity contribution >= 4 is 22.9 Å². The molecule has 0 aliphatic rings. The summed E-state index contributed by atoms with van der Waals surface area (Å²) in [6, 6.07) is 1.85. The van der Waals surface area contributed by atoms with Gasteiger partial charge in [-0.1, -0.05) is 12.2 Å². The molecule has 0 fully saturated rings. The summed E-state index contributed by atoms with van der Waals surface area (Å²) in [5.41, 5.74) is 1.88. The van der Waals surface area contributed by atoms with Crippen LogP contribution in [0.1, 0.15) is 44.1 Å². The number of rotatable bonds is 7. The van der Waals surface area contributed by atoms with Crippen LogP contribution < -0.4 is 0 Å². The molecule has 2 rings (SSSR count). The summed E-state index contributed by atoms with van der Waals surface area (Å²) in [7, 11) is 0. The molecule has 0 N–H and O–H groups in total. The standard InChI is InChI=1S/C18H24N4O3/c1-6-21(10-12(2)3)16(23)11-25-18(24)15-7-14-9-20-22(13(4)5)17(14)19-8-15/h7-9,13H,2,6,10-11H2,1,3-5H3. The molecule has 1 amide bonds. The molecule has 0 radical (unpaired) electrons. The van der Waals surface area contributed by atoms with E-state index in [1.54, 1.807) is 21.8 Å². The second-order valence-electron chi connectivity index (χ2n) is 6.26. The van der Waals surface area contributed by atoms with Crippen molar-refractivity contribution in [3.05, 3.63) is 36.2 Å². The molecule has 0 aliphatic carbocycles. The molecule has 0 bridgehead atoms. The number of carbonyl (C=O) groups excluding carboxylic acids is 2. The van der Waals surface area contributed by atoms with Crippen molar-refractivity contribution < 1.29 is 14.3 Å². The van der Waals surface area contributed by atoms with E-state index in [1.165, 1.54) is 6.20 Å². The van der Waals surface area contributed by atoms with Crippen LogP contribution in [0.2, 0.25) is 0 Å². The lowest BCUT2D eigenvalue weighted by Crippen LogP contribution is -2.35. The van der Waals surface area contributed by atoms with Gasteiger partial charge in [-0.25, -0.2) is 14.5 Å². The van der Waals surface area contributed by atoms with E-state index in [0.717, 1.165) is 11.0 Å². The third-order valence-electron chi connectivity index (χ3n) is 3.68. The molecule has 0 saturated carbocycles. The molecular formula is C18H24N4O3. The van der Waals surface area contributed by atoms with Crippen LogP contribution in [0, 0.1) is 0 Å². The van der Waals surface area contributed by atoms with Crippen molar-refractivity contribution in [2.45, 2.75) is 33.7 Å². The van der Waals surface area contributed by atoms with E-state index in [0.29, 0.717) is 24.3 Å². The number of carbonyl (C=O) groups is 2. The Bertz CT molecular complexity index is 795. The number of fused-ring (bicyclic) bond motifs is 1. The largest absolute Gasteiger partial charge is 0.452 e. The maximum atomic E-state index is 12.2. The molecule has 0 saturated heterocycles. The Hall–Kier alpha value is -2.70. The molecule has 0 spiro atoms. The van der Waals surface area contributed by atoms with Crippen LogP contribution in [0.3, 0.4) is 0 Å². The van der Waals surface area contributed by atoms with Gasteiger partial charge in [0.15, 0.2) is 12.3 Å². The molecule has 25 heavy (non-hydrogen) atoms. The van der Waals surface area contributed by atoms with E-state index >= 15 is 0 Å². The third kappa shape index (κ3) is 4.43. The van der Waals surface area contributed by atoms with E-state index in [-0.39, 0.29) is 18.6 Å². The number of hydrogen-bond acceptors (Lipinski definition) is 5. The van der Waals surface area contributed by atoms with Crippen LogP contribution in [-0.4, -0.2) is 51.2 Å². The zero-order valence-electron chi connectivity index (χ0n) is 15.2. The SMILES string of the molecule is C=C(C)CN(CC)C(=O)COC(=O)c1cnc2c(cnn2C(C)C)c1. The fourth-order valence-corrected chi connectivity index (χ4v) is 2.43. The smallest absolute Gasteiger partial charge is 0.340 e. The maximum absolute atomic E-state index is 12.2. The summed E-state index contributed by atoms with van der Waals surface area (Å²) < 4.78 is 6.91. The quantitative estimate of drug-likeness (QED) is 0.570. The highest BCUT2D eigenvalue weighted by molar-refractivity contribution is 5.94.